The van der Waals surface area contributed by atoms with Gasteiger partial charge in [0.05, 0.1) is 11.0 Å². The van der Waals surface area contributed by atoms with Gasteiger partial charge in [0.2, 0.25) is 0 Å². The molecular formula is C27H34N2. The van der Waals surface area contributed by atoms with E-state index in [0.717, 1.165) is 29.2 Å². The van der Waals surface area contributed by atoms with Crippen LogP contribution in [-0.2, 0) is 0 Å². The lowest BCUT2D eigenvalue weighted by Gasteiger charge is -2.58. The average molecular weight is 387 g/mol. The van der Waals surface area contributed by atoms with Gasteiger partial charge in [-0.25, -0.2) is 4.98 Å². The van der Waals surface area contributed by atoms with E-state index in [9.17, 15) is 0 Å². The van der Waals surface area contributed by atoms with Crippen LogP contribution in [0.4, 0.5) is 0 Å². The molecule has 1 aromatic carbocycles. The molecule has 2 fully saturated rings. The second-order valence-corrected chi connectivity index (χ2v) is 10.9. The van der Waals surface area contributed by atoms with Crippen molar-refractivity contribution in [3.05, 3.63) is 48.3 Å². The van der Waals surface area contributed by atoms with Crippen LogP contribution in [0.25, 0.3) is 16.7 Å². The maximum atomic E-state index is 4.70. The van der Waals surface area contributed by atoms with E-state index < -0.39 is 0 Å². The summed E-state index contributed by atoms with van der Waals surface area (Å²) in [6, 6.07) is 8.61. The molecular weight excluding hydrogens is 352 g/mol. The predicted octanol–water partition coefficient (Wildman–Crippen LogP) is 7.09. The molecule has 2 heteroatoms. The summed E-state index contributed by atoms with van der Waals surface area (Å²) in [5.74, 6) is 3.36. The first-order valence-corrected chi connectivity index (χ1v) is 11.8. The van der Waals surface area contributed by atoms with E-state index in [1.54, 1.807) is 0 Å². The van der Waals surface area contributed by atoms with Crippen molar-refractivity contribution in [3.63, 3.8) is 0 Å². The van der Waals surface area contributed by atoms with Crippen LogP contribution in [0.2, 0.25) is 0 Å². The van der Waals surface area contributed by atoms with Gasteiger partial charge in [0, 0.05) is 11.1 Å². The van der Waals surface area contributed by atoms with E-state index >= 15 is 0 Å². The number of rotatable bonds is 1. The molecule has 0 spiro atoms. The van der Waals surface area contributed by atoms with E-state index in [2.05, 4.69) is 68.1 Å². The Hall–Kier alpha value is -1.83. The molecule has 0 saturated heterocycles. The molecule has 6 rings (SSSR count). The molecule has 0 aliphatic heterocycles. The van der Waals surface area contributed by atoms with Gasteiger partial charge in [-0.15, -0.1) is 0 Å². The molecule has 6 atom stereocenters. The lowest BCUT2D eigenvalue weighted by molar-refractivity contribution is -0.0251. The molecule has 3 unspecified atom stereocenters. The fraction of sp³-hybridized carbons (Fsp3) is 0.593. The highest BCUT2D eigenvalue weighted by Crippen LogP contribution is 2.66. The van der Waals surface area contributed by atoms with Crippen molar-refractivity contribution in [2.75, 3.05) is 0 Å². The second-order valence-electron chi connectivity index (χ2n) is 10.9. The van der Waals surface area contributed by atoms with Crippen LogP contribution in [0, 0.1) is 34.5 Å². The van der Waals surface area contributed by atoms with Crippen molar-refractivity contribution in [1.29, 1.82) is 0 Å². The van der Waals surface area contributed by atoms with Crippen molar-refractivity contribution in [2.45, 2.75) is 65.7 Å². The smallest absolute Gasteiger partial charge is 0.100 e. The largest absolute Gasteiger partial charge is 0.302 e. The molecule has 2 aromatic rings. The molecule has 152 valence electrons. The van der Waals surface area contributed by atoms with Crippen LogP contribution >= 0.6 is 0 Å². The fourth-order valence-electron chi connectivity index (χ4n) is 7.97. The monoisotopic (exact) mass is 386 g/mol. The number of aromatic nitrogens is 2. The predicted molar refractivity (Wildman–Crippen MR) is 120 cm³/mol. The highest BCUT2D eigenvalue weighted by Gasteiger charge is 2.57. The number of hydrogen-bond donors (Lipinski definition) is 0. The highest BCUT2D eigenvalue weighted by molar-refractivity contribution is 5.80. The summed E-state index contributed by atoms with van der Waals surface area (Å²) in [7, 11) is 0. The normalized spacial score (nSPS) is 41.3. The first kappa shape index (κ1) is 18.0. The molecule has 4 aliphatic carbocycles. The number of nitrogens with zero attached hydrogens (tertiary/aromatic N) is 2. The molecule has 0 N–H and O–H groups in total. The number of hydrogen-bond acceptors (Lipinski definition) is 1. The Labute approximate surface area is 175 Å². The third-order valence-corrected chi connectivity index (χ3v) is 9.59. The van der Waals surface area contributed by atoms with Crippen LogP contribution in [0.3, 0.4) is 0 Å². The van der Waals surface area contributed by atoms with E-state index in [4.69, 9.17) is 4.98 Å². The lowest BCUT2D eigenvalue weighted by atomic mass is 9.47. The van der Waals surface area contributed by atoms with Gasteiger partial charge in [0.25, 0.3) is 0 Å². The summed E-state index contributed by atoms with van der Waals surface area (Å²) < 4.78 is 2.41. The Bertz CT molecular complexity index is 1030. The minimum Gasteiger partial charge on any atom is -0.302 e. The third kappa shape index (κ3) is 2.38. The molecule has 2 saturated carbocycles. The van der Waals surface area contributed by atoms with Gasteiger partial charge in [-0.2, -0.15) is 0 Å². The van der Waals surface area contributed by atoms with Crippen LogP contribution in [0.1, 0.15) is 65.7 Å². The number of imidazole rings is 1. The van der Waals surface area contributed by atoms with Crippen LogP contribution < -0.4 is 0 Å². The summed E-state index contributed by atoms with van der Waals surface area (Å²) in [6.45, 7) is 7.61. The second kappa shape index (κ2) is 6.09. The highest BCUT2D eigenvalue weighted by atomic mass is 15.1. The SMILES string of the molecule is C[C@@H]1C=C2CCC3C(CC[C@]4(C)C(n5cnc6ccccc65)=CCC34)[C@@]2(C)CC1. The number of fused-ring (bicyclic) bond motifs is 6. The molecule has 29 heavy (non-hydrogen) atoms. The number of benzene rings is 1. The molecule has 0 radical (unpaired) electrons. The molecule has 0 amide bonds. The quantitative estimate of drug-likeness (QED) is 0.479. The van der Waals surface area contributed by atoms with Crippen LogP contribution in [0.15, 0.2) is 48.3 Å². The summed E-state index contributed by atoms with van der Waals surface area (Å²) >= 11 is 0. The minimum absolute atomic E-state index is 0.296. The van der Waals surface area contributed by atoms with Gasteiger partial charge in [-0.1, -0.05) is 50.6 Å². The van der Waals surface area contributed by atoms with Gasteiger partial charge in [-0.05, 0) is 86.2 Å². The Morgan fingerprint density at radius 2 is 1.83 bits per heavy atom. The number of allylic oxidation sites excluding steroid dienone is 4. The summed E-state index contributed by atoms with van der Waals surface area (Å²) in [6.07, 6.45) is 16.8. The van der Waals surface area contributed by atoms with Gasteiger partial charge < -0.3 is 4.57 Å². The van der Waals surface area contributed by atoms with E-state index in [0.29, 0.717) is 10.8 Å². The summed E-state index contributed by atoms with van der Waals surface area (Å²) in [5, 5.41) is 0. The first-order valence-electron chi connectivity index (χ1n) is 11.8. The van der Waals surface area contributed by atoms with E-state index in [1.165, 1.54) is 56.2 Å². The van der Waals surface area contributed by atoms with Crippen molar-refractivity contribution in [1.82, 2.24) is 9.55 Å². The van der Waals surface area contributed by atoms with Crippen LogP contribution in [-0.4, -0.2) is 9.55 Å². The Morgan fingerprint density at radius 3 is 2.72 bits per heavy atom. The molecule has 2 nitrogen and oxygen atoms in total. The van der Waals surface area contributed by atoms with Crippen molar-refractivity contribution >= 4 is 16.7 Å². The third-order valence-electron chi connectivity index (χ3n) is 9.59. The Morgan fingerprint density at radius 1 is 1.00 bits per heavy atom. The lowest BCUT2D eigenvalue weighted by Crippen LogP contribution is -2.50. The average Bonchev–Trinajstić information content (AvgIpc) is 3.29. The van der Waals surface area contributed by atoms with Crippen molar-refractivity contribution < 1.29 is 0 Å². The molecule has 0 bridgehead atoms. The van der Waals surface area contributed by atoms with E-state index in [-0.39, 0.29) is 0 Å². The van der Waals surface area contributed by atoms with Crippen molar-refractivity contribution in [3.8, 4) is 0 Å². The summed E-state index contributed by atoms with van der Waals surface area (Å²) in [5.41, 5.74) is 6.49. The maximum absolute atomic E-state index is 4.70. The first-order chi connectivity index (χ1) is 14.0. The fourth-order valence-corrected chi connectivity index (χ4v) is 7.97. The Kier molecular flexibility index (Phi) is 3.78. The Balaban J connectivity index is 1.36. The zero-order valence-electron chi connectivity index (χ0n) is 18.2. The zero-order chi connectivity index (χ0) is 19.8. The number of para-hydroxylation sites is 2. The zero-order valence-corrected chi connectivity index (χ0v) is 18.2. The topological polar surface area (TPSA) is 17.8 Å². The summed E-state index contributed by atoms with van der Waals surface area (Å²) in [4.78, 5) is 4.70. The van der Waals surface area contributed by atoms with Crippen molar-refractivity contribution in [2.24, 2.45) is 34.5 Å². The molecule has 4 aliphatic rings. The van der Waals surface area contributed by atoms with Gasteiger partial charge in [0.1, 0.15) is 6.33 Å². The van der Waals surface area contributed by atoms with Gasteiger partial charge >= 0.3 is 0 Å². The maximum Gasteiger partial charge on any atom is 0.100 e. The van der Waals surface area contributed by atoms with Gasteiger partial charge in [0.15, 0.2) is 0 Å². The minimum atomic E-state index is 0.296. The standard InChI is InChI=1S/C27H34N2/c1-18-12-14-26(2)19(16-18)8-9-20-21-10-11-25(27(21,3)15-13-22(20)26)29-17-28-23-6-4-5-7-24(23)29/h4-7,11,16-18,20-22H,8-10,12-15H2,1-3H3/t18-,20?,21?,22?,26-,27-/m0/s1. The van der Waals surface area contributed by atoms with Crippen LogP contribution in [0.5, 0.6) is 0 Å². The van der Waals surface area contributed by atoms with E-state index in [1.807, 2.05) is 5.57 Å². The van der Waals surface area contributed by atoms with Gasteiger partial charge in [-0.3, -0.25) is 0 Å². The molecule has 1 aromatic heterocycles. The molecule has 1 heterocycles.